The number of amides is 2. The molecule has 1 N–H and O–H groups in total. The molecule has 2 amide bonds. The van der Waals surface area contributed by atoms with Crippen molar-refractivity contribution in [1.82, 2.24) is 24.9 Å². The lowest BCUT2D eigenvalue weighted by Crippen LogP contribution is -2.39. The Morgan fingerprint density at radius 2 is 2.00 bits per heavy atom. The third-order valence-electron chi connectivity index (χ3n) is 6.48. The van der Waals surface area contributed by atoms with Gasteiger partial charge >= 0.3 is 0 Å². The molecule has 1 fully saturated rings. The standard InChI is InChI=1S/C24H33N5O3/c1-18-6-3-4-12-27(18)13-5-11-25-23(30)21-16-22-24(31)28(14-15-29(22)26-21)17-19-7-9-20(32-2)10-8-19/h7-10,16,18H,3-6,11-15,17H2,1-2H3,(H,25,30)/t18-/m1/s1. The number of aromatic nitrogens is 2. The highest BCUT2D eigenvalue weighted by Gasteiger charge is 2.28. The van der Waals surface area contributed by atoms with Gasteiger partial charge in [0.15, 0.2) is 5.69 Å². The van der Waals surface area contributed by atoms with Gasteiger partial charge < -0.3 is 19.9 Å². The first-order valence-electron chi connectivity index (χ1n) is 11.6. The summed E-state index contributed by atoms with van der Waals surface area (Å²) in [5, 5.41) is 7.34. The van der Waals surface area contributed by atoms with Gasteiger partial charge in [0.25, 0.3) is 11.8 Å². The van der Waals surface area contributed by atoms with Crippen LogP contribution in [-0.4, -0.2) is 70.7 Å². The molecule has 1 aromatic heterocycles. The molecule has 4 rings (SSSR count). The van der Waals surface area contributed by atoms with E-state index in [1.165, 1.54) is 19.3 Å². The zero-order chi connectivity index (χ0) is 22.5. The molecule has 8 heteroatoms. The highest BCUT2D eigenvalue weighted by Crippen LogP contribution is 2.19. The summed E-state index contributed by atoms with van der Waals surface area (Å²) in [6, 6.07) is 9.95. The molecule has 2 aliphatic heterocycles. The average Bonchev–Trinajstić information content (AvgIpc) is 3.25. The van der Waals surface area contributed by atoms with Crippen LogP contribution < -0.4 is 10.1 Å². The minimum Gasteiger partial charge on any atom is -0.497 e. The Hall–Kier alpha value is -2.87. The number of ether oxygens (including phenoxy) is 1. The number of hydrogen-bond donors (Lipinski definition) is 1. The molecule has 0 spiro atoms. The number of rotatable bonds is 8. The molecule has 32 heavy (non-hydrogen) atoms. The smallest absolute Gasteiger partial charge is 0.272 e. The van der Waals surface area contributed by atoms with Crippen LogP contribution in [-0.2, 0) is 13.1 Å². The van der Waals surface area contributed by atoms with Gasteiger partial charge in [-0.25, -0.2) is 0 Å². The van der Waals surface area contributed by atoms with E-state index < -0.39 is 0 Å². The molecule has 3 heterocycles. The van der Waals surface area contributed by atoms with Gasteiger partial charge in [-0.1, -0.05) is 18.6 Å². The summed E-state index contributed by atoms with van der Waals surface area (Å²) >= 11 is 0. The number of methoxy groups -OCH3 is 1. The Kier molecular flexibility index (Phi) is 7.09. The van der Waals surface area contributed by atoms with Gasteiger partial charge in [-0.15, -0.1) is 0 Å². The number of nitrogens with one attached hydrogen (secondary N) is 1. The van der Waals surface area contributed by atoms with Crippen molar-refractivity contribution in [1.29, 1.82) is 0 Å². The molecule has 2 aliphatic rings. The van der Waals surface area contributed by atoms with Gasteiger partial charge in [0, 0.05) is 38.3 Å². The molecule has 0 radical (unpaired) electrons. The van der Waals surface area contributed by atoms with Crippen molar-refractivity contribution in [2.45, 2.75) is 51.7 Å². The number of fused-ring (bicyclic) bond motifs is 1. The molecule has 0 saturated carbocycles. The zero-order valence-corrected chi connectivity index (χ0v) is 19.0. The summed E-state index contributed by atoms with van der Waals surface area (Å²) in [5.41, 5.74) is 1.82. The van der Waals surface area contributed by atoms with E-state index in [1.807, 2.05) is 24.3 Å². The van der Waals surface area contributed by atoms with Crippen LogP contribution in [0.4, 0.5) is 0 Å². The summed E-state index contributed by atoms with van der Waals surface area (Å²) in [7, 11) is 1.63. The second-order valence-corrected chi connectivity index (χ2v) is 8.70. The largest absolute Gasteiger partial charge is 0.497 e. The second-order valence-electron chi connectivity index (χ2n) is 8.70. The van der Waals surface area contributed by atoms with E-state index in [9.17, 15) is 9.59 Å². The van der Waals surface area contributed by atoms with Crippen LogP contribution in [0.25, 0.3) is 0 Å². The van der Waals surface area contributed by atoms with Gasteiger partial charge in [0.1, 0.15) is 11.4 Å². The fourth-order valence-corrected chi connectivity index (χ4v) is 4.52. The van der Waals surface area contributed by atoms with Gasteiger partial charge in [-0.05, 0) is 50.4 Å². The number of likely N-dealkylation sites (tertiary alicyclic amines) is 1. The topological polar surface area (TPSA) is 79.7 Å². The maximum absolute atomic E-state index is 12.9. The SMILES string of the molecule is COc1ccc(CN2CCn3nc(C(=O)NCCCN4CCCC[C@H]4C)cc3C2=O)cc1. The summed E-state index contributed by atoms with van der Waals surface area (Å²) in [6.07, 6.45) is 4.75. The minimum absolute atomic E-state index is 0.0993. The van der Waals surface area contributed by atoms with Crippen LogP contribution >= 0.6 is 0 Å². The molecular weight excluding hydrogens is 406 g/mol. The molecule has 8 nitrogen and oxygen atoms in total. The molecule has 1 saturated heterocycles. The fraction of sp³-hybridized carbons (Fsp3) is 0.542. The van der Waals surface area contributed by atoms with E-state index in [4.69, 9.17) is 4.74 Å². The van der Waals surface area contributed by atoms with E-state index in [2.05, 4.69) is 22.2 Å². The lowest BCUT2D eigenvalue weighted by molar-refractivity contribution is 0.0683. The summed E-state index contributed by atoms with van der Waals surface area (Å²) in [4.78, 5) is 29.8. The van der Waals surface area contributed by atoms with Crippen LogP contribution in [0, 0.1) is 0 Å². The number of hydrogen-bond acceptors (Lipinski definition) is 5. The van der Waals surface area contributed by atoms with Crippen molar-refractivity contribution in [3.8, 4) is 5.75 Å². The maximum atomic E-state index is 12.9. The van der Waals surface area contributed by atoms with Crippen molar-refractivity contribution in [2.75, 3.05) is 33.3 Å². The Labute approximate surface area is 189 Å². The lowest BCUT2D eigenvalue weighted by Gasteiger charge is -2.33. The Morgan fingerprint density at radius 3 is 2.75 bits per heavy atom. The quantitative estimate of drug-likeness (QED) is 0.640. The molecule has 0 unspecified atom stereocenters. The van der Waals surface area contributed by atoms with Crippen LogP contribution in [0.3, 0.4) is 0 Å². The van der Waals surface area contributed by atoms with Gasteiger partial charge in [0.2, 0.25) is 0 Å². The molecule has 1 aromatic carbocycles. The molecule has 2 aromatic rings. The fourth-order valence-electron chi connectivity index (χ4n) is 4.52. The van der Waals surface area contributed by atoms with Crippen molar-refractivity contribution in [2.24, 2.45) is 0 Å². The molecule has 0 aliphatic carbocycles. The van der Waals surface area contributed by atoms with Crippen LogP contribution in [0.15, 0.2) is 30.3 Å². The molecular formula is C24H33N5O3. The zero-order valence-electron chi connectivity index (χ0n) is 19.0. The van der Waals surface area contributed by atoms with E-state index >= 15 is 0 Å². The van der Waals surface area contributed by atoms with Crippen LogP contribution in [0.5, 0.6) is 5.75 Å². The molecule has 172 valence electrons. The number of nitrogens with zero attached hydrogens (tertiary/aromatic N) is 4. The molecule has 0 bridgehead atoms. The maximum Gasteiger partial charge on any atom is 0.272 e. The van der Waals surface area contributed by atoms with Gasteiger partial charge in [-0.2, -0.15) is 5.10 Å². The summed E-state index contributed by atoms with van der Waals surface area (Å²) < 4.78 is 6.84. The first-order valence-corrected chi connectivity index (χ1v) is 11.6. The van der Waals surface area contributed by atoms with Gasteiger partial charge in [-0.3, -0.25) is 14.3 Å². The summed E-state index contributed by atoms with van der Waals surface area (Å²) in [6.45, 7) is 6.71. The Balaban J connectivity index is 1.29. The number of benzene rings is 1. The van der Waals surface area contributed by atoms with Crippen molar-refractivity contribution < 1.29 is 14.3 Å². The highest BCUT2D eigenvalue weighted by molar-refractivity contribution is 5.98. The van der Waals surface area contributed by atoms with E-state index in [0.29, 0.717) is 43.6 Å². The third-order valence-corrected chi connectivity index (χ3v) is 6.48. The first kappa shape index (κ1) is 22.3. The van der Waals surface area contributed by atoms with Crippen LogP contribution in [0.1, 0.15) is 59.1 Å². The van der Waals surface area contributed by atoms with E-state index in [0.717, 1.165) is 30.8 Å². The summed E-state index contributed by atoms with van der Waals surface area (Å²) in [5.74, 6) is 0.476. The monoisotopic (exact) mass is 439 g/mol. The van der Waals surface area contributed by atoms with E-state index in [-0.39, 0.29) is 11.8 Å². The third kappa shape index (κ3) is 5.12. The number of piperidine rings is 1. The van der Waals surface area contributed by atoms with Crippen molar-refractivity contribution in [3.63, 3.8) is 0 Å². The normalized spacial score (nSPS) is 19.0. The van der Waals surface area contributed by atoms with E-state index in [1.54, 1.807) is 22.8 Å². The number of carbonyl (C=O) groups excluding carboxylic acids is 2. The minimum atomic E-state index is -0.215. The lowest BCUT2D eigenvalue weighted by atomic mass is 10.0. The Morgan fingerprint density at radius 1 is 1.19 bits per heavy atom. The van der Waals surface area contributed by atoms with Crippen molar-refractivity contribution >= 4 is 11.8 Å². The second kappa shape index (κ2) is 10.2. The predicted molar refractivity (Wildman–Crippen MR) is 122 cm³/mol. The van der Waals surface area contributed by atoms with Crippen molar-refractivity contribution in [3.05, 3.63) is 47.3 Å². The van der Waals surface area contributed by atoms with Crippen LogP contribution in [0.2, 0.25) is 0 Å². The van der Waals surface area contributed by atoms with Gasteiger partial charge in [0.05, 0.1) is 13.7 Å². The average molecular weight is 440 g/mol. The predicted octanol–water partition coefficient (Wildman–Crippen LogP) is 2.54. The first-order chi connectivity index (χ1) is 15.5. The number of carbonyl (C=O) groups is 2. The highest BCUT2D eigenvalue weighted by atomic mass is 16.5. The molecule has 1 atom stereocenters. The Bertz CT molecular complexity index is 940.